The molecule has 0 aliphatic carbocycles. The van der Waals surface area contributed by atoms with E-state index in [0.29, 0.717) is 0 Å². The second-order valence-electron chi connectivity index (χ2n) is 4.55. The Balaban J connectivity index is 2.03. The van der Waals surface area contributed by atoms with E-state index >= 15 is 0 Å². The zero-order valence-corrected chi connectivity index (χ0v) is 11.4. The van der Waals surface area contributed by atoms with Crippen LogP contribution in [0.25, 0.3) is 0 Å². The van der Waals surface area contributed by atoms with Crippen molar-refractivity contribution < 1.29 is 4.79 Å². The first-order chi connectivity index (χ1) is 8.08. The third-order valence-electron chi connectivity index (χ3n) is 3.09. The lowest BCUT2D eigenvalue weighted by Gasteiger charge is -2.25. The summed E-state index contributed by atoms with van der Waals surface area (Å²) >= 11 is 1.71. The molecule has 1 fully saturated rings. The number of aryl methyl sites for hydroxylation is 2. The first-order valence-electron chi connectivity index (χ1n) is 6.05. The Morgan fingerprint density at radius 2 is 2.29 bits per heavy atom. The minimum absolute atomic E-state index is 0.0693. The lowest BCUT2D eigenvalue weighted by Crippen LogP contribution is -2.49. The normalized spacial score (nSPS) is 22.3. The Kier molecular flexibility index (Phi) is 3.79. The summed E-state index contributed by atoms with van der Waals surface area (Å²) in [7, 11) is 0. The number of thiazole rings is 1. The number of carbonyl (C=O) groups excluding carboxylic acids is 1. The van der Waals surface area contributed by atoms with Crippen LogP contribution in [0.1, 0.15) is 41.4 Å². The lowest BCUT2D eigenvalue weighted by molar-refractivity contribution is -0.124. The molecule has 1 aromatic rings. The van der Waals surface area contributed by atoms with Gasteiger partial charge in [-0.2, -0.15) is 0 Å². The molecule has 1 amide bonds. The minimum Gasteiger partial charge on any atom is -0.355 e. The molecule has 0 radical (unpaired) electrons. The second-order valence-corrected chi connectivity index (χ2v) is 5.96. The van der Waals surface area contributed by atoms with E-state index in [0.717, 1.165) is 30.1 Å². The molecule has 2 atom stereocenters. The average Bonchev–Trinajstić information content (AvgIpc) is 2.61. The Morgan fingerprint density at radius 1 is 1.53 bits per heavy atom. The maximum Gasteiger partial charge on any atom is 0.237 e. The van der Waals surface area contributed by atoms with Gasteiger partial charge in [-0.15, -0.1) is 11.3 Å². The highest BCUT2D eigenvalue weighted by Gasteiger charge is 2.25. The fraction of sp³-hybridized carbons (Fsp3) is 0.667. The summed E-state index contributed by atoms with van der Waals surface area (Å²) in [5.41, 5.74) is 1.07. The molecule has 2 unspecified atom stereocenters. The zero-order valence-electron chi connectivity index (χ0n) is 10.5. The maximum atomic E-state index is 11.7. The van der Waals surface area contributed by atoms with Crippen molar-refractivity contribution in [3.63, 3.8) is 0 Å². The van der Waals surface area contributed by atoms with Gasteiger partial charge in [0.15, 0.2) is 0 Å². The molecule has 94 valence electrons. The van der Waals surface area contributed by atoms with Crippen LogP contribution in [0.2, 0.25) is 0 Å². The fourth-order valence-electron chi connectivity index (χ4n) is 2.26. The van der Waals surface area contributed by atoms with E-state index < -0.39 is 0 Å². The molecule has 0 spiro atoms. The van der Waals surface area contributed by atoms with Gasteiger partial charge < -0.3 is 5.32 Å². The number of carbonyl (C=O) groups is 1. The molecule has 2 N–H and O–H groups in total. The third-order valence-corrected chi connectivity index (χ3v) is 3.99. The van der Waals surface area contributed by atoms with Gasteiger partial charge in [0, 0.05) is 17.5 Å². The Morgan fingerprint density at radius 3 is 2.88 bits per heavy atom. The van der Waals surface area contributed by atoms with Crippen LogP contribution in [0, 0.1) is 13.8 Å². The van der Waals surface area contributed by atoms with Crippen LogP contribution in [0.4, 0.5) is 0 Å². The number of amides is 1. The van der Waals surface area contributed by atoms with E-state index in [9.17, 15) is 4.79 Å². The average molecular weight is 253 g/mol. The van der Waals surface area contributed by atoms with Crippen LogP contribution < -0.4 is 10.6 Å². The predicted molar refractivity (Wildman–Crippen MR) is 69.2 cm³/mol. The molecule has 1 aromatic heterocycles. The van der Waals surface area contributed by atoms with Crippen LogP contribution in [-0.2, 0) is 4.79 Å². The van der Waals surface area contributed by atoms with Gasteiger partial charge in [0.1, 0.15) is 0 Å². The Labute approximate surface area is 106 Å². The van der Waals surface area contributed by atoms with Gasteiger partial charge in [-0.05, 0) is 33.6 Å². The summed E-state index contributed by atoms with van der Waals surface area (Å²) in [6, 6.07) is 0.0638. The molecular weight excluding hydrogens is 234 g/mol. The highest BCUT2D eigenvalue weighted by Crippen LogP contribution is 2.23. The molecule has 4 nitrogen and oxygen atoms in total. The van der Waals surface area contributed by atoms with E-state index in [4.69, 9.17) is 0 Å². The van der Waals surface area contributed by atoms with E-state index in [-0.39, 0.29) is 18.0 Å². The van der Waals surface area contributed by atoms with Gasteiger partial charge >= 0.3 is 0 Å². The summed E-state index contributed by atoms with van der Waals surface area (Å²) in [6.07, 6.45) is 1.96. The van der Waals surface area contributed by atoms with Gasteiger partial charge in [0.05, 0.1) is 16.7 Å². The molecule has 0 bridgehead atoms. The van der Waals surface area contributed by atoms with Gasteiger partial charge in [-0.3, -0.25) is 10.1 Å². The van der Waals surface area contributed by atoms with Gasteiger partial charge in [0.25, 0.3) is 0 Å². The maximum absolute atomic E-state index is 11.7. The monoisotopic (exact) mass is 253 g/mol. The molecule has 1 saturated heterocycles. The van der Waals surface area contributed by atoms with Crippen molar-refractivity contribution in [2.45, 2.75) is 45.7 Å². The first-order valence-corrected chi connectivity index (χ1v) is 6.87. The topological polar surface area (TPSA) is 54.0 Å². The van der Waals surface area contributed by atoms with Crippen molar-refractivity contribution in [3.05, 3.63) is 15.6 Å². The minimum atomic E-state index is -0.0693. The van der Waals surface area contributed by atoms with E-state index in [1.165, 1.54) is 4.88 Å². The highest BCUT2D eigenvalue weighted by molar-refractivity contribution is 7.11. The predicted octanol–water partition coefficient (Wildman–Crippen LogP) is 1.69. The van der Waals surface area contributed by atoms with Crippen molar-refractivity contribution in [1.82, 2.24) is 15.6 Å². The van der Waals surface area contributed by atoms with E-state index in [1.807, 2.05) is 6.92 Å². The van der Waals surface area contributed by atoms with E-state index in [2.05, 4.69) is 29.5 Å². The molecule has 0 aromatic carbocycles. The number of nitrogens with zero attached hydrogens (tertiary/aromatic N) is 1. The van der Waals surface area contributed by atoms with Gasteiger partial charge in [-0.25, -0.2) is 4.98 Å². The summed E-state index contributed by atoms with van der Waals surface area (Å²) < 4.78 is 0. The van der Waals surface area contributed by atoms with Crippen molar-refractivity contribution in [2.75, 3.05) is 6.54 Å². The number of hydrogen-bond acceptors (Lipinski definition) is 4. The van der Waals surface area contributed by atoms with Crippen molar-refractivity contribution in [1.29, 1.82) is 0 Å². The van der Waals surface area contributed by atoms with Crippen LogP contribution in [-0.4, -0.2) is 23.5 Å². The van der Waals surface area contributed by atoms with Crippen LogP contribution >= 0.6 is 11.3 Å². The van der Waals surface area contributed by atoms with Crippen LogP contribution in [0.3, 0.4) is 0 Å². The highest BCUT2D eigenvalue weighted by atomic mass is 32.1. The quantitative estimate of drug-likeness (QED) is 0.862. The molecular formula is C12H19N3OS. The molecule has 17 heavy (non-hydrogen) atoms. The number of nitrogens with one attached hydrogen (secondary N) is 2. The SMILES string of the molecule is Cc1nc(C(C)NC2CCCNC2=O)c(C)s1. The third kappa shape index (κ3) is 2.84. The van der Waals surface area contributed by atoms with Gasteiger partial charge in [0.2, 0.25) is 5.91 Å². The molecule has 0 saturated carbocycles. The van der Waals surface area contributed by atoms with Crippen molar-refractivity contribution in [3.8, 4) is 0 Å². The standard InChI is InChI=1S/C12H19N3OS/c1-7(11-8(2)17-9(3)15-11)14-10-5-4-6-13-12(10)16/h7,10,14H,4-6H2,1-3H3,(H,13,16). The molecule has 2 rings (SSSR count). The second kappa shape index (κ2) is 5.14. The zero-order chi connectivity index (χ0) is 12.4. The lowest BCUT2D eigenvalue weighted by atomic mass is 10.0. The first kappa shape index (κ1) is 12.5. The van der Waals surface area contributed by atoms with E-state index in [1.54, 1.807) is 11.3 Å². The van der Waals surface area contributed by atoms with Crippen molar-refractivity contribution >= 4 is 17.2 Å². The molecule has 2 heterocycles. The molecule has 5 heteroatoms. The summed E-state index contributed by atoms with van der Waals surface area (Å²) in [5.74, 6) is 0.118. The Hall–Kier alpha value is -0.940. The fourth-order valence-corrected chi connectivity index (χ4v) is 3.17. The number of piperidine rings is 1. The summed E-state index contributed by atoms with van der Waals surface area (Å²) in [5, 5.41) is 7.34. The molecule has 1 aliphatic rings. The molecule has 1 aliphatic heterocycles. The number of hydrogen-bond donors (Lipinski definition) is 2. The Bertz CT molecular complexity index is 416. The smallest absolute Gasteiger partial charge is 0.237 e. The summed E-state index contributed by atoms with van der Waals surface area (Å²) in [4.78, 5) is 17.4. The van der Waals surface area contributed by atoms with Crippen LogP contribution in [0.15, 0.2) is 0 Å². The largest absolute Gasteiger partial charge is 0.355 e. The van der Waals surface area contributed by atoms with Gasteiger partial charge in [-0.1, -0.05) is 0 Å². The van der Waals surface area contributed by atoms with Crippen LogP contribution in [0.5, 0.6) is 0 Å². The summed E-state index contributed by atoms with van der Waals surface area (Å²) in [6.45, 7) is 6.98. The number of aromatic nitrogens is 1. The van der Waals surface area contributed by atoms with Crippen molar-refractivity contribution in [2.24, 2.45) is 0 Å². The number of rotatable bonds is 3.